The van der Waals surface area contributed by atoms with Crippen LogP contribution in [0.1, 0.15) is 19.4 Å². The topological polar surface area (TPSA) is 330 Å². The molecule has 608 valence electrons. The van der Waals surface area contributed by atoms with Gasteiger partial charge in [-0.25, -0.2) is 24.9 Å². The third kappa shape index (κ3) is 20.4. The summed E-state index contributed by atoms with van der Waals surface area (Å²) >= 11 is 18.1. The van der Waals surface area contributed by atoms with Crippen molar-refractivity contribution in [1.29, 1.82) is 0 Å². The highest BCUT2D eigenvalue weighted by Gasteiger charge is 2.55. The second-order valence-electron chi connectivity index (χ2n) is 25.9. The second-order valence-corrected chi connectivity index (χ2v) is 27.2. The number of benzene rings is 6. The number of nitrogens with zero attached hydrogens (tertiary/aromatic N) is 11. The van der Waals surface area contributed by atoms with Crippen molar-refractivity contribution in [2.75, 3.05) is 31.9 Å². The predicted molar refractivity (Wildman–Crippen MR) is 445 cm³/mol. The summed E-state index contributed by atoms with van der Waals surface area (Å²) in [5.74, 6) is -2.02. The Balaban J connectivity index is 0.000000114. The summed E-state index contributed by atoms with van der Waals surface area (Å²) in [6, 6.07) is 62.3. The predicted octanol–water partition coefficient (Wildman–Crippen LogP) is 24.6. The lowest BCUT2D eigenvalue weighted by Crippen LogP contribution is -2.42. The molecule has 0 fully saturated rings. The van der Waals surface area contributed by atoms with Gasteiger partial charge in [-0.1, -0.05) is 97.9 Å². The Kier molecular flexibility index (Phi) is 24.2. The van der Waals surface area contributed by atoms with Gasteiger partial charge in [0.25, 0.3) is 0 Å². The maximum atomic E-state index is 13.6. The molecular weight excluding hydrogens is 1640 g/mol. The minimum atomic E-state index is -4.63. The van der Waals surface area contributed by atoms with Crippen LogP contribution in [0.25, 0.3) is 66.6 Å². The van der Waals surface area contributed by atoms with E-state index in [-0.39, 0.29) is 12.7 Å². The van der Waals surface area contributed by atoms with E-state index in [9.17, 15) is 26.3 Å². The Morgan fingerprint density at radius 3 is 1.36 bits per heavy atom. The van der Waals surface area contributed by atoms with E-state index in [0.717, 1.165) is 74.0 Å². The zero-order valence-electron chi connectivity index (χ0n) is 62.9. The summed E-state index contributed by atoms with van der Waals surface area (Å²) in [4.78, 5) is 29.0. The Morgan fingerprint density at radius 2 is 0.851 bits per heavy atom. The summed E-state index contributed by atoms with van der Waals surface area (Å²) < 4.78 is 130. The van der Waals surface area contributed by atoms with Crippen molar-refractivity contribution in [3.05, 3.63) is 301 Å². The number of halogens is 9. The molecule has 1 atom stereocenters. The fraction of sp³-hybridized carbons (Fsp3) is 0.0706. The van der Waals surface area contributed by atoms with E-state index in [0.29, 0.717) is 111 Å². The molecule has 0 spiro atoms. The van der Waals surface area contributed by atoms with E-state index < -0.39 is 29.8 Å². The summed E-state index contributed by atoms with van der Waals surface area (Å²) in [6.07, 6.45) is 8.81. The van der Waals surface area contributed by atoms with E-state index in [4.69, 9.17) is 75.9 Å². The lowest BCUT2D eigenvalue weighted by atomic mass is 10.2. The number of alkyl halides is 5. The van der Waals surface area contributed by atoms with Crippen LogP contribution in [0.3, 0.4) is 0 Å². The van der Waals surface area contributed by atoms with Crippen LogP contribution in [0, 0.1) is 12.9 Å². The monoisotopic (exact) mass is 1700 g/mol. The van der Waals surface area contributed by atoms with Gasteiger partial charge in [-0.15, -0.1) is 0 Å². The summed E-state index contributed by atoms with van der Waals surface area (Å²) in [5, 5.41) is 35.7. The number of aromatic nitrogens is 11. The Morgan fingerprint density at radius 1 is 0.405 bits per heavy atom. The summed E-state index contributed by atoms with van der Waals surface area (Å²) in [6.45, 7) is 3.25. The highest BCUT2D eigenvalue weighted by atomic mass is 35.5. The molecule has 36 heteroatoms. The van der Waals surface area contributed by atoms with Crippen LogP contribution in [0.15, 0.2) is 301 Å². The molecule has 1 unspecified atom stereocenters. The van der Waals surface area contributed by atoms with Crippen molar-refractivity contribution in [2.45, 2.75) is 38.8 Å². The van der Waals surface area contributed by atoms with Crippen molar-refractivity contribution in [3.63, 3.8) is 0 Å². The molecule has 27 nitrogen and oxygen atoms in total. The van der Waals surface area contributed by atoms with Crippen molar-refractivity contribution < 1.29 is 72.2 Å². The third-order valence-electron chi connectivity index (χ3n) is 16.8. The normalized spacial score (nSPS) is 12.6. The van der Waals surface area contributed by atoms with Gasteiger partial charge in [0.2, 0.25) is 29.3 Å². The molecule has 19 aromatic rings. The quantitative estimate of drug-likeness (QED) is 0.0364. The van der Waals surface area contributed by atoms with E-state index in [1.54, 1.807) is 135 Å². The average Bonchev–Trinajstić information content (AvgIpc) is 1.04. The van der Waals surface area contributed by atoms with Gasteiger partial charge in [0.1, 0.15) is 46.4 Å². The number of hydrogen-bond donors (Lipinski definition) is 6. The molecule has 0 amide bonds. The van der Waals surface area contributed by atoms with Crippen molar-refractivity contribution >= 4 is 170 Å². The molecule has 14 heterocycles. The standard InChI is InChI=1S/C18H13ClN4O2.C15H11F4N3O2.C14H10FN3O3.C13H9ClN2O.C13H10N2O.C12H7ClFN3O/c1-11-4-7-16(21-10-11)24-14-6-5-12(9-13(14)19)22-18-17-15(25-23-18)3-2-8-20-17;1-14(16,17)15(18,19)23-10-5-2-4-9(8-10)21-13-12-11(24-22-13)6-3-7-20-12;1-14(15)19-9-5-4-8(7-11(9)20-14)17-13-12-10(21-18-13)3-2-6-16-12;14-9-3-1-4-10(7-9)16-11-8-17-12-5-2-6-15-13(11)12;1-2-5-10(6-3-1)15-11-9-16-12-7-4-8-14-13(11)12;13-7-2-1-3-8(6-7)15-12-11-9(18-17-12)4-5-10(14)16-11/h2-10H,1H3,(H,22,23);2-8H,1H3,(H,21,22);2-7H,1H3,(H,17,18);1-8,16H;1-9,15H;1-6H,(H,15,17). The average molecular weight is 1700 g/mol. The third-order valence-corrected chi connectivity index (χ3v) is 17.6. The lowest BCUT2D eigenvalue weighted by Gasteiger charge is -2.23. The molecule has 1 aliphatic rings. The molecule has 0 bridgehead atoms. The number of pyridine rings is 7. The van der Waals surface area contributed by atoms with Crippen LogP contribution in [0.5, 0.6) is 28.9 Å². The van der Waals surface area contributed by atoms with Crippen LogP contribution < -0.4 is 50.8 Å². The van der Waals surface area contributed by atoms with Gasteiger partial charge in [-0.05, 0) is 176 Å². The van der Waals surface area contributed by atoms with Crippen molar-refractivity contribution in [3.8, 4) is 28.9 Å². The summed E-state index contributed by atoms with van der Waals surface area (Å²) in [7, 11) is 0. The van der Waals surface area contributed by atoms with Crippen molar-refractivity contribution in [2.24, 2.45) is 0 Å². The smallest absolute Gasteiger partial charge is 0.460 e. The maximum absolute atomic E-state index is 13.6. The highest BCUT2D eigenvalue weighted by molar-refractivity contribution is 6.32. The van der Waals surface area contributed by atoms with E-state index in [1.165, 1.54) is 37.4 Å². The number of hydrogen-bond acceptors (Lipinski definition) is 27. The molecule has 13 aromatic heterocycles. The van der Waals surface area contributed by atoms with Gasteiger partial charge in [0, 0.05) is 113 Å². The van der Waals surface area contributed by atoms with Crippen molar-refractivity contribution in [1.82, 2.24) is 55.5 Å². The molecule has 0 aliphatic carbocycles. The first-order valence-corrected chi connectivity index (χ1v) is 37.2. The van der Waals surface area contributed by atoms with Crippen LogP contribution in [-0.2, 0) is 0 Å². The Hall–Kier alpha value is -15.2. The van der Waals surface area contributed by atoms with Gasteiger partial charge >= 0.3 is 18.1 Å². The minimum Gasteiger partial charge on any atom is -0.460 e. The number of furan rings is 2. The lowest BCUT2D eigenvalue weighted by molar-refractivity contribution is -0.301. The minimum absolute atomic E-state index is 0.0856. The Bertz CT molecular complexity index is 6780. The van der Waals surface area contributed by atoms with Gasteiger partial charge < -0.3 is 77.8 Å². The van der Waals surface area contributed by atoms with Crippen LogP contribution in [0.4, 0.5) is 95.1 Å². The van der Waals surface area contributed by atoms with E-state index >= 15 is 0 Å². The molecule has 1 aliphatic heterocycles. The van der Waals surface area contributed by atoms with Gasteiger partial charge in [0.05, 0.1) is 5.02 Å². The molecule has 20 rings (SSSR count). The molecule has 6 N–H and O–H groups in total. The molecule has 0 radical (unpaired) electrons. The number of aryl methyl sites for hydroxylation is 1. The number of rotatable bonds is 17. The van der Waals surface area contributed by atoms with Gasteiger partial charge in [0.15, 0.2) is 72.9 Å². The number of para-hydroxylation sites is 1. The molecule has 0 saturated heterocycles. The maximum Gasteiger partial charge on any atom is 0.463 e. The first-order valence-electron chi connectivity index (χ1n) is 36.1. The van der Waals surface area contributed by atoms with E-state index in [1.807, 2.05) is 104 Å². The first-order chi connectivity index (χ1) is 58.5. The highest BCUT2D eigenvalue weighted by Crippen LogP contribution is 2.43. The number of anilines is 12. The van der Waals surface area contributed by atoms with Crippen LogP contribution in [-0.4, -0.2) is 73.6 Å². The fourth-order valence-corrected chi connectivity index (χ4v) is 11.8. The number of nitrogens with one attached hydrogen (secondary N) is 6. The zero-order valence-corrected chi connectivity index (χ0v) is 65.2. The second kappa shape index (κ2) is 36.1. The largest absolute Gasteiger partial charge is 0.463 e. The van der Waals surface area contributed by atoms with E-state index in [2.05, 4.69) is 92.2 Å². The zero-order chi connectivity index (χ0) is 84.0. The van der Waals surface area contributed by atoms with Crippen LogP contribution in [0.2, 0.25) is 15.1 Å². The molecule has 121 heavy (non-hydrogen) atoms. The number of fused-ring (bicyclic) bond motifs is 7. The molecule has 0 saturated carbocycles. The SMILES string of the molecule is CC(F)(F)C(F)(F)Oc1cccc(Nc2noc3cccnc23)c1.CC1(F)Oc2ccc(Nc3noc4cccnc34)cc2O1.Cc1ccc(Oc2ccc(Nc3noc4cccnc34)cc2Cl)nc1.Clc1cccc(Nc2coc3cccnc23)c1.Fc1ccc2onc(Nc3cccc(Cl)c3)c2n1.c1ccc(Nc2coc3cccnc23)cc1. The summed E-state index contributed by atoms with van der Waals surface area (Å²) in [5.41, 5.74) is 14.5. The fourth-order valence-electron chi connectivity index (χ4n) is 11.2. The van der Waals surface area contributed by atoms with Crippen LogP contribution >= 0.6 is 34.8 Å². The van der Waals surface area contributed by atoms with Gasteiger partial charge in [-0.3, -0.25) is 9.97 Å². The molecular formula is C85H60Cl3F6N17O10. The Labute approximate surface area is 694 Å². The molecule has 6 aromatic carbocycles. The first kappa shape index (κ1) is 80.9. The number of ether oxygens (including phenoxy) is 4. The van der Waals surface area contributed by atoms with Gasteiger partial charge in [-0.2, -0.15) is 26.3 Å².